The first-order valence-electron chi connectivity index (χ1n) is 14.8. The van der Waals surface area contributed by atoms with Crippen molar-refractivity contribution in [1.29, 1.82) is 0 Å². The summed E-state index contributed by atoms with van der Waals surface area (Å²) in [5.41, 5.74) is 0. The van der Waals surface area contributed by atoms with Crippen LogP contribution in [0.3, 0.4) is 0 Å². The maximum Gasteiger partial charge on any atom is -0.0414 e. The second-order valence-electron chi connectivity index (χ2n) is 10.3. The van der Waals surface area contributed by atoms with Crippen LogP contribution in [0, 0.1) is 5.92 Å². The summed E-state index contributed by atoms with van der Waals surface area (Å²) in [4.78, 5) is 0. The molecule has 0 bridgehead atoms. The normalized spacial score (nSPS) is 11.6. The SMILES string of the molecule is CCCCCCCCCCCCC(CCCCC)CCCCCCCCCCCC. The number of hydrogen-bond acceptors (Lipinski definition) is 0. The van der Waals surface area contributed by atoms with Crippen LogP contribution < -0.4 is 0 Å². The monoisotopic (exact) mass is 422 g/mol. The van der Waals surface area contributed by atoms with Gasteiger partial charge in [0.15, 0.2) is 0 Å². The number of rotatable bonds is 26. The molecule has 0 atom stereocenters. The van der Waals surface area contributed by atoms with Crippen LogP contribution in [0.25, 0.3) is 0 Å². The molecule has 30 heavy (non-hydrogen) atoms. The van der Waals surface area contributed by atoms with Gasteiger partial charge in [-0.2, -0.15) is 0 Å². The average Bonchev–Trinajstić information content (AvgIpc) is 2.76. The quantitative estimate of drug-likeness (QED) is 0.122. The zero-order chi connectivity index (χ0) is 22.0. The molecule has 0 heteroatoms. The molecule has 0 aromatic rings. The molecule has 182 valence electrons. The van der Waals surface area contributed by atoms with E-state index in [1.807, 2.05) is 0 Å². The predicted octanol–water partition coefficient (Wildman–Crippen LogP) is 11.8. The van der Waals surface area contributed by atoms with Gasteiger partial charge in [-0.1, -0.05) is 188 Å². The van der Waals surface area contributed by atoms with Crippen molar-refractivity contribution in [2.24, 2.45) is 5.92 Å². The maximum absolute atomic E-state index is 2.35. The topological polar surface area (TPSA) is 0 Å². The highest BCUT2D eigenvalue weighted by atomic mass is 14.1. The van der Waals surface area contributed by atoms with Gasteiger partial charge in [-0.15, -0.1) is 0 Å². The van der Waals surface area contributed by atoms with Gasteiger partial charge in [-0.3, -0.25) is 0 Å². The van der Waals surface area contributed by atoms with Gasteiger partial charge in [-0.05, 0) is 5.92 Å². The predicted molar refractivity (Wildman–Crippen MR) is 141 cm³/mol. The van der Waals surface area contributed by atoms with Crippen molar-refractivity contribution in [3.8, 4) is 0 Å². The summed E-state index contributed by atoms with van der Waals surface area (Å²) in [6, 6.07) is 0. The third-order valence-electron chi connectivity index (χ3n) is 7.15. The smallest absolute Gasteiger partial charge is 0.0414 e. The van der Waals surface area contributed by atoms with Crippen LogP contribution in [0.4, 0.5) is 0 Å². The molecule has 0 radical (unpaired) electrons. The van der Waals surface area contributed by atoms with Gasteiger partial charge in [0.25, 0.3) is 0 Å². The summed E-state index contributed by atoms with van der Waals surface area (Å²) in [6.45, 7) is 6.97. The fourth-order valence-electron chi connectivity index (χ4n) is 4.96. The van der Waals surface area contributed by atoms with Gasteiger partial charge in [0, 0.05) is 0 Å². The third-order valence-corrected chi connectivity index (χ3v) is 7.15. The molecule has 0 aliphatic heterocycles. The standard InChI is InChI=1S/C30H62/c1-4-7-10-12-14-16-18-20-22-25-28-30(27-24-9-6-3)29-26-23-21-19-17-15-13-11-8-5-2/h30H,4-29H2,1-3H3. The molecule has 0 amide bonds. The molecule has 0 rings (SSSR count). The molecule has 0 heterocycles. The molecule has 0 aliphatic carbocycles. The van der Waals surface area contributed by atoms with Crippen molar-refractivity contribution >= 4 is 0 Å². The van der Waals surface area contributed by atoms with Crippen molar-refractivity contribution in [1.82, 2.24) is 0 Å². The Kier molecular flexibility index (Phi) is 27.0. The van der Waals surface area contributed by atoms with Crippen LogP contribution >= 0.6 is 0 Å². The van der Waals surface area contributed by atoms with Crippen LogP contribution in [0.15, 0.2) is 0 Å². The zero-order valence-corrected chi connectivity index (χ0v) is 22.0. The molecule has 0 aromatic carbocycles. The lowest BCUT2D eigenvalue weighted by atomic mass is 9.89. The lowest BCUT2D eigenvalue weighted by molar-refractivity contribution is 0.367. The molecule has 0 fully saturated rings. The second-order valence-corrected chi connectivity index (χ2v) is 10.3. The molecule has 0 unspecified atom stereocenters. The van der Waals surface area contributed by atoms with Gasteiger partial charge in [0.1, 0.15) is 0 Å². The van der Waals surface area contributed by atoms with E-state index in [2.05, 4.69) is 20.8 Å². The minimum absolute atomic E-state index is 1.04. The highest BCUT2D eigenvalue weighted by Gasteiger charge is 2.08. The minimum Gasteiger partial charge on any atom is -0.0654 e. The van der Waals surface area contributed by atoms with Gasteiger partial charge in [0.2, 0.25) is 0 Å². The Morgan fingerprint density at radius 3 is 0.767 bits per heavy atom. The Labute approximate surface area is 193 Å². The van der Waals surface area contributed by atoms with Crippen molar-refractivity contribution in [2.75, 3.05) is 0 Å². The lowest BCUT2D eigenvalue weighted by Crippen LogP contribution is -2.01. The summed E-state index contributed by atoms with van der Waals surface area (Å²) >= 11 is 0. The molecule has 0 aromatic heterocycles. The highest BCUT2D eigenvalue weighted by Crippen LogP contribution is 2.24. The van der Waals surface area contributed by atoms with Crippen LogP contribution in [0.2, 0.25) is 0 Å². The van der Waals surface area contributed by atoms with E-state index in [-0.39, 0.29) is 0 Å². The van der Waals surface area contributed by atoms with Gasteiger partial charge in [0.05, 0.1) is 0 Å². The van der Waals surface area contributed by atoms with Crippen molar-refractivity contribution in [3.05, 3.63) is 0 Å². The van der Waals surface area contributed by atoms with E-state index < -0.39 is 0 Å². The summed E-state index contributed by atoms with van der Waals surface area (Å²) < 4.78 is 0. The molecule has 0 spiro atoms. The van der Waals surface area contributed by atoms with E-state index in [4.69, 9.17) is 0 Å². The fourth-order valence-corrected chi connectivity index (χ4v) is 4.96. The number of hydrogen-bond donors (Lipinski definition) is 0. The van der Waals surface area contributed by atoms with Gasteiger partial charge >= 0.3 is 0 Å². The first-order chi connectivity index (χ1) is 14.8. The van der Waals surface area contributed by atoms with Crippen molar-refractivity contribution in [3.63, 3.8) is 0 Å². The minimum atomic E-state index is 1.04. The molecule has 0 aliphatic rings. The summed E-state index contributed by atoms with van der Waals surface area (Å²) in [5, 5.41) is 0. The van der Waals surface area contributed by atoms with E-state index in [1.165, 1.54) is 167 Å². The Bertz CT molecular complexity index is 258. The molecular weight excluding hydrogens is 360 g/mol. The Morgan fingerprint density at radius 1 is 0.267 bits per heavy atom. The van der Waals surface area contributed by atoms with E-state index in [9.17, 15) is 0 Å². The van der Waals surface area contributed by atoms with Crippen LogP contribution in [-0.4, -0.2) is 0 Å². The van der Waals surface area contributed by atoms with Gasteiger partial charge in [-0.25, -0.2) is 0 Å². The number of unbranched alkanes of at least 4 members (excludes halogenated alkanes) is 20. The maximum atomic E-state index is 2.35. The second kappa shape index (κ2) is 27.0. The van der Waals surface area contributed by atoms with Crippen LogP contribution in [-0.2, 0) is 0 Å². The lowest BCUT2D eigenvalue weighted by Gasteiger charge is -2.17. The average molecular weight is 423 g/mol. The fraction of sp³-hybridized carbons (Fsp3) is 1.00. The van der Waals surface area contributed by atoms with Crippen LogP contribution in [0.1, 0.15) is 188 Å². The third kappa shape index (κ3) is 24.3. The first kappa shape index (κ1) is 30.0. The van der Waals surface area contributed by atoms with E-state index in [0.717, 1.165) is 5.92 Å². The van der Waals surface area contributed by atoms with E-state index in [0.29, 0.717) is 0 Å². The van der Waals surface area contributed by atoms with Crippen molar-refractivity contribution < 1.29 is 0 Å². The van der Waals surface area contributed by atoms with E-state index >= 15 is 0 Å². The Morgan fingerprint density at radius 2 is 0.467 bits per heavy atom. The first-order valence-corrected chi connectivity index (χ1v) is 14.8. The molecule has 0 saturated heterocycles. The zero-order valence-electron chi connectivity index (χ0n) is 22.0. The van der Waals surface area contributed by atoms with Crippen LogP contribution in [0.5, 0.6) is 0 Å². The molecule has 0 nitrogen and oxygen atoms in total. The Balaban J connectivity index is 3.61. The summed E-state index contributed by atoms with van der Waals surface area (Å²) in [7, 11) is 0. The highest BCUT2D eigenvalue weighted by molar-refractivity contribution is 4.62. The summed E-state index contributed by atoms with van der Waals surface area (Å²) in [6.07, 6.45) is 38.3. The molecule has 0 N–H and O–H groups in total. The van der Waals surface area contributed by atoms with Gasteiger partial charge < -0.3 is 0 Å². The Hall–Kier alpha value is 0. The molecule has 0 saturated carbocycles. The summed E-state index contributed by atoms with van der Waals surface area (Å²) in [5.74, 6) is 1.04. The largest absolute Gasteiger partial charge is 0.0654 e. The molecular formula is C30H62. The van der Waals surface area contributed by atoms with Crippen molar-refractivity contribution in [2.45, 2.75) is 188 Å². The van der Waals surface area contributed by atoms with E-state index in [1.54, 1.807) is 0 Å².